The Hall–Kier alpha value is -2.83. The van der Waals surface area contributed by atoms with Crippen LogP contribution in [0.15, 0.2) is 30.5 Å². The van der Waals surface area contributed by atoms with Gasteiger partial charge in [-0.25, -0.2) is 14.4 Å². The maximum atomic E-state index is 13.1. The molecule has 25 heavy (non-hydrogen) atoms. The van der Waals surface area contributed by atoms with Gasteiger partial charge in [-0.2, -0.15) is 9.97 Å². The Morgan fingerprint density at radius 3 is 2.56 bits per heavy atom. The lowest BCUT2D eigenvalue weighted by Crippen LogP contribution is -2.08. The molecule has 130 valence electrons. The molecule has 0 fully saturated rings. The normalized spacial score (nSPS) is 10.8. The van der Waals surface area contributed by atoms with Crippen LogP contribution in [0.3, 0.4) is 0 Å². The monoisotopic (exact) mass is 341 g/mol. The van der Waals surface area contributed by atoms with Crippen LogP contribution >= 0.6 is 0 Å². The van der Waals surface area contributed by atoms with Crippen molar-refractivity contribution in [1.82, 2.24) is 19.9 Å². The predicted octanol–water partition coefficient (Wildman–Crippen LogP) is 3.84. The minimum Gasteiger partial charge on any atom is -0.476 e. The van der Waals surface area contributed by atoms with E-state index in [9.17, 15) is 4.39 Å². The Balaban J connectivity index is 2.05. The summed E-state index contributed by atoms with van der Waals surface area (Å²) in [6.45, 7) is 5.38. The zero-order valence-corrected chi connectivity index (χ0v) is 14.3. The van der Waals surface area contributed by atoms with Crippen LogP contribution < -0.4 is 10.1 Å². The standard InChI is InChI=1S/C18H20FN5O/c1-3-9-20-18-23-16-15(17(24-18)25-10-4-2)22-14(11-21-16)12-5-7-13(19)8-6-12/h5-8,11H,3-4,9-10H2,1-2H3,(H,20,21,23,24). The number of fused-ring (bicyclic) bond motifs is 1. The zero-order chi connectivity index (χ0) is 17.6. The second-order valence-electron chi connectivity index (χ2n) is 5.56. The van der Waals surface area contributed by atoms with E-state index >= 15 is 0 Å². The van der Waals surface area contributed by atoms with E-state index in [2.05, 4.69) is 32.2 Å². The van der Waals surface area contributed by atoms with E-state index < -0.39 is 0 Å². The van der Waals surface area contributed by atoms with Crippen LogP contribution in [0.5, 0.6) is 5.88 Å². The van der Waals surface area contributed by atoms with Gasteiger partial charge in [0.15, 0.2) is 11.2 Å². The fourth-order valence-electron chi connectivity index (χ4n) is 2.26. The number of aromatic nitrogens is 4. The lowest BCUT2D eigenvalue weighted by molar-refractivity contribution is 0.308. The highest BCUT2D eigenvalue weighted by atomic mass is 19.1. The minimum absolute atomic E-state index is 0.292. The van der Waals surface area contributed by atoms with Gasteiger partial charge in [0, 0.05) is 12.1 Å². The van der Waals surface area contributed by atoms with Crippen LogP contribution in [0.4, 0.5) is 10.3 Å². The maximum Gasteiger partial charge on any atom is 0.247 e. The smallest absolute Gasteiger partial charge is 0.247 e. The minimum atomic E-state index is -0.292. The Kier molecular flexibility index (Phi) is 5.33. The van der Waals surface area contributed by atoms with Crippen molar-refractivity contribution in [3.8, 4) is 17.1 Å². The average molecular weight is 341 g/mol. The summed E-state index contributed by atoms with van der Waals surface area (Å²) >= 11 is 0. The van der Waals surface area contributed by atoms with E-state index in [1.54, 1.807) is 18.3 Å². The van der Waals surface area contributed by atoms with Gasteiger partial charge < -0.3 is 10.1 Å². The molecule has 0 aliphatic carbocycles. The number of benzene rings is 1. The van der Waals surface area contributed by atoms with E-state index in [0.29, 0.717) is 35.3 Å². The number of anilines is 1. The number of hydrogen-bond donors (Lipinski definition) is 1. The van der Waals surface area contributed by atoms with Gasteiger partial charge in [0.2, 0.25) is 11.8 Å². The van der Waals surface area contributed by atoms with Crippen LogP contribution in [0, 0.1) is 5.82 Å². The van der Waals surface area contributed by atoms with E-state index in [-0.39, 0.29) is 5.82 Å². The summed E-state index contributed by atoms with van der Waals surface area (Å²) < 4.78 is 18.9. The quantitative estimate of drug-likeness (QED) is 0.704. The van der Waals surface area contributed by atoms with Gasteiger partial charge in [0.1, 0.15) is 5.82 Å². The van der Waals surface area contributed by atoms with Crippen molar-refractivity contribution in [3.05, 3.63) is 36.3 Å². The summed E-state index contributed by atoms with van der Waals surface area (Å²) in [7, 11) is 0. The Morgan fingerprint density at radius 1 is 1.04 bits per heavy atom. The van der Waals surface area contributed by atoms with E-state index in [0.717, 1.165) is 24.9 Å². The van der Waals surface area contributed by atoms with Crippen molar-refractivity contribution < 1.29 is 9.13 Å². The molecule has 0 saturated heterocycles. The number of nitrogens with one attached hydrogen (secondary N) is 1. The average Bonchev–Trinajstić information content (AvgIpc) is 2.64. The van der Waals surface area contributed by atoms with Gasteiger partial charge in [-0.05, 0) is 37.1 Å². The molecular formula is C18H20FN5O. The van der Waals surface area contributed by atoms with Crippen molar-refractivity contribution in [3.63, 3.8) is 0 Å². The molecular weight excluding hydrogens is 321 g/mol. The van der Waals surface area contributed by atoms with Crippen LogP contribution in [0.2, 0.25) is 0 Å². The van der Waals surface area contributed by atoms with Gasteiger partial charge in [-0.15, -0.1) is 0 Å². The van der Waals surface area contributed by atoms with E-state index in [4.69, 9.17) is 4.74 Å². The first-order valence-corrected chi connectivity index (χ1v) is 8.38. The van der Waals surface area contributed by atoms with Crippen LogP contribution in [-0.4, -0.2) is 33.1 Å². The molecule has 3 aromatic rings. The fraction of sp³-hybridized carbons (Fsp3) is 0.333. The van der Waals surface area contributed by atoms with Gasteiger partial charge in [0.05, 0.1) is 18.5 Å². The second-order valence-corrected chi connectivity index (χ2v) is 5.56. The first kappa shape index (κ1) is 17.0. The number of ether oxygens (including phenoxy) is 1. The van der Waals surface area contributed by atoms with Gasteiger partial charge in [-0.3, -0.25) is 0 Å². The Labute approximate surface area is 145 Å². The number of rotatable bonds is 7. The molecule has 0 amide bonds. The molecule has 3 rings (SSSR count). The van der Waals surface area contributed by atoms with Gasteiger partial charge in [-0.1, -0.05) is 13.8 Å². The molecule has 2 aromatic heterocycles. The summed E-state index contributed by atoms with van der Waals surface area (Å²) in [4.78, 5) is 17.8. The Morgan fingerprint density at radius 2 is 1.84 bits per heavy atom. The van der Waals surface area contributed by atoms with Crippen molar-refractivity contribution in [1.29, 1.82) is 0 Å². The highest BCUT2D eigenvalue weighted by Gasteiger charge is 2.13. The second kappa shape index (κ2) is 7.83. The third-order valence-electron chi connectivity index (χ3n) is 3.49. The van der Waals surface area contributed by atoms with Crippen LogP contribution in [0.1, 0.15) is 26.7 Å². The third-order valence-corrected chi connectivity index (χ3v) is 3.49. The number of hydrogen-bond acceptors (Lipinski definition) is 6. The van der Waals surface area contributed by atoms with E-state index in [1.165, 1.54) is 12.1 Å². The molecule has 0 bridgehead atoms. The summed E-state index contributed by atoms with van der Waals surface area (Å²) in [5, 5.41) is 3.14. The van der Waals surface area contributed by atoms with Crippen molar-refractivity contribution in [2.45, 2.75) is 26.7 Å². The highest BCUT2D eigenvalue weighted by molar-refractivity contribution is 5.79. The van der Waals surface area contributed by atoms with Crippen molar-refractivity contribution >= 4 is 17.1 Å². The van der Waals surface area contributed by atoms with Crippen molar-refractivity contribution in [2.75, 3.05) is 18.5 Å². The van der Waals surface area contributed by atoms with E-state index in [1.807, 2.05) is 6.92 Å². The largest absolute Gasteiger partial charge is 0.476 e. The lowest BCUT2D eigenvalue weighted by Gasteiger charge is -2.10. The van der Waals surface area contributed by atoms with Crippen LogP contribution in [0.25, 0.3) is 22.4 Å². The zero-order valence-electron chi connectivity index (χ0n) is 14.3. The number of halogens is 1. The SMILES string of the molecule is CCCNc1nc(OCCC)c2nc(-c3ccc(F)cc3)cnc2n1. The molecule has 0 unspecified atom stereocenters. The predicted molar refractivity (Wildman–Crippen MR) is 95.1 cm³/mol. The molecule has 7 heteroatoms. The topological polar surface area (TPSA) is 72.8 Å². The molecule has 0 radical (unpaired) electrons. The van der Waals surface area contributed by atoms with Crippen molar-refractivity contribution in [2.24, 2.45) is 0 Å². The molecule has 0 atom stereocenters. The summed E-state index contributed by atoms with van der Waals surface area (Å²) in [5.74, 6) is 0.589. The summed E-state index contributed by atoms with van der Waals surface area (Å²) in [6.07, 6.45) is 3.44. The summed E-state index contributed by atoms with van der Waals surface area (Å²) in [6, 6.07) is 6.11. The molecule has 2 heterocycles. The molecule has 0 spiro atoms. The Bertz CT molecular complexity index is 854. The number of nitrogens with zero attached hydrogens (tertiary/aromatic N) is 4. The van der Waals surface area contributed by atoms with Gasteiger partial charge >= 0.3 is 0 Å². The molecule has 6 nitrogen and oxygen atoms in total. The van der Waals surface area contributed by atoms with Crippen LogP contribution in [-0.2, 0) is 0 Å². The molecule has 1 N–H and O–H groups in total. The maximum absolute atomic E-state index is 13.1. The molecule has 1 aromatic carbocycles. The first-order chi connectivity index (χ1) is 12.2. The van der Waals surface area contributed by atoms with Gasteiger partial charge in [0.25, 0.3) is 0 Å². The first-order valence-electron chi connectivity index (χ1n) is 8.38. The molecule has 0 saturated carbocycles. The molecule has 0 aliphatic heterocycles. The third kappa shape index (κ3) is 3.99. The highest BCUT2D eigenvalue weighted by Crippen LogP contribution is 2.25. The lowest BCUT2D eigenvalue weighted by atomic mass is 10.1. The molecule has 0 aliphatic rings. The summed E-state index contributed by atoms with van der Waals surface area (Å²) in [5.41, 5.74) is 2.35. The fourth-order valence-corrected chi connectivity index (χ4v) is 2.26.